The molecule has 4 nitrogen and oxygen atoms in total. The van der Waals surface area contributed by atoms with Gasteiger partial charge in [0.1, 0.15) is 0 Å². The smallest absolute Gasteiger partial charge is 0.328 e. The molecular formula is C16H15NO3S. The van der Waals surface area contributed by atoms with Crippen molar-refractivity contribution in [2.75, 3.05) is 5.32 Å². The van der Waals surface area contributed by atoms with E-state index in [2.05, 4.69) is 5.32 Å². The first-order valence-electron chi connectivity index (χ1n) is 6.47. The number of thiophene rings is 1. The van der Waals surface area contributed by atoms with Gasteiger partial charge in [0.15, 0.2) is 0 Å². The van der Waals surface area contributed by atoms with E-state index in [1.54, 1.807) is 35.6 Å². The van der Waals surface area contributed by atoms with Crippen molar-refractivity contribution in [3.05, 3.63) is 58.3 Å². The maximum atomic E-state index is 11.8. The number of rotatable bonds is 6. The Kier molecular flexibility index (Phi) is 5.29. The molecule has 1 aromatic heterocycles. The average Bonchev–Trinajstić information content (AvgIpc) is 2.98. The first-order chi connectivity index (χ1) is 10.1. The van der Waals surface area contributed by atoms with E-state index in [0.29, 0.717) is 12.1 Å². The summed E-state index contributed by atoms with van der Waals surface area (Å²) in [6.45, 7) is 0. The minimum atomic E-state index is -0.985. The van der Waals surface area contributed by atoms with Crippen LogP contribution in [0.2, 0.25) is 0 Å². The number of carboxylic acid groups (broad SMARTS) is 1. The number of nitrogens with one attached hydrogen (secondary N) is 1. The SMILES string of the molecule is O=C(O)/C=C/c1ccc(NC(=O)CCc2cccs2)cc1. The Hall–Kier alpha value is -2.40. The van der Waals surface area contributed by atoms with Crippen LogP contribution in [0.3, 0.4) is 0 Å². The number of carbonyl (C=O) groups excluding carboxylic acids is 1. The summed E-state index contributed by atoms with van der Waals surface area (Å²) in [5, 5.41) is 13.4. The molecule has 0 radical (unpaired) electrons. The molecule has 5 heteroatoms. The molecule has 1 heterocycles. The van der Waals surface area contributed by atoms with Crippen LogP contribution in [0, 0.1) is 0 Å². The van der Waals surface area contributed by atoms with Crippen molar-refractivity contribution >= 4 is 35.0 Å². The molecule has 2 rings (SSSR count). The molecule has 0 bridgehead atoms. The van der Waals surface area contributed by atoms with Gasteiger partial charge in [-0.25, -0.2) is 4.79 Å². The summed E-state index contributed by atoms with van der Waals surface area (Å²) >= 11 is 1.65. The van der Waals surface area contributed by atoms with Gasteiger partial charge in [0.2, 0.25) is 5.91 Å². The molecule has 108 valence electrons. The lowest BCUT2D eigenvalue weighted by Gasteiger charge is -2.05. The Balaban J connectivity index is 1.85. The fourth-order valence-corrected chi connectivity index (χ4v) is 2.47. The van der Waals surface area contributed by atoms with Gasteiger partial charge < -0.3 is 10.4 Å². The van der Waals surface area contributed by atoms with Gasteiger partial charge in [0.05, 0.1) is 0 Å². The second-order valence-corrected chi connectivity index (χ2v) is 5.45. The lowest BCUT2D eigenvalue weighted by molar-refractivity contribution is -0.131. The van der Waals surface area contributed by atoms with E-state index in [4.69, 9.17) is 5.11 Å². The van der Waals surface area contributed by atoms with E-state index < -0.39 is 5.97 Å². The highest BCUT2D eigenvalue weighted by molar-refractivity contribution is 7.09. The predicted molar refractivity (Wildman–Crippen MR) is 84.4 cm³/mol. The zero-order chi connectivity index (χ0) is 15.1. The summed E-state index contributed by atoms with van der Waals surface area (Å²) in [6.07, 6.45) is 3.77. The van der Waals surface area contributed by atoms with E-state index in [-0.39, 0.29) is 5.91 Å². The Morgan fingerprint density at radius 1 is 1.19 bits per heavy atom. The van der Waals surface area contributed by atoms with Crippen LogP contribution in [0.4, 0.5) is 5.69 Å². The largest absolute Gasteiger partial charge is 0.478 e. The third-order valence-electron chi connectivity index (χ3n) is 2.79. The molecule has 0 aliphatic heterocycles. The van der Waals surface area contributed by atoms with E-state index in [1.165, 1.54) is 11.0 Å². The molecule has 0 spiro atoms. The maximum absolute atomic E-state index is 11.8. The molecule has 2 aromatic rings. The Morgan fingerprint density at radius 3 is 2.57 bits per heavy atom. The predicted octanol–water partition coefficient (Wildman–Crippen LogP) is 3.42. The van der Waals surface area contributed by atoms with Crippen molar-refractivity contribution in [1.29, 1.82) is 0 Å². The highest BCUT2D eigenvalue weighted by Crippen LogP contribution is 2.13. The number of amides is 1. The monoisotopic (exact) mass is 301 g/mol. The number of carboxylic acids is 1. The second-order valence-electron chi connectivity index (χ2n) is 4.42. The summed E-state index contributed by atoms with van der Waals surface area (Å²) in [5.74, 6) is -1.02. The Bertz CT molecular complexity index is 630. The van der Waals surface area contributed by atoms with Crippen LogP contribution in [-0.2, 0) is 16.0 Å². The van der Waals surface area contributed by atoms with Crippen LogP contribution in [0.15, 0.2) is 47.9 Å². The van der Waals surface area contributed by atoms with Crippen molar-refractivity contribution in [3.63, 3.8) is 0 Å². The third kappa shape index (κ3) is 5.24. The topological polar surface area (TPSA) is 66.4 Å². The zero-order valence-electron chi connectivity index (χ0n) is 11.3. The summed E-state index contributed by atoms with van der Waals surface area (Å²) < 4.78 is 0. The minimum absolute atomic E-state index is 0.0303. The number of anilines is 1. The molecule has 1 amide bonds. The number of hydrogen-bond acceptors (Lipinski definition) is 3. The minimum Gasteiger partial charge on any atom is -0.478 e. The molecule has 21 heavy (non-hydrogen) atoms. The molecule has 0 atom stereocenters. The van der Waals surface area contributed by atoms with Gasteiger partial charge in [0.25, 0.3) is 0 Å². The highest BCUT2D eigenvalue weighted by Gasteiger charge is 2.03. The van der Waals surface area contributed by atoms with Crippen molar-refractivity contribution in [2.24, 2.45) is 0 Å². The van der Waals surface area contributed by atoms with E-state index in [9.17, 15) is 9.59 Å². The van der Waals surface area contributed by atoms with Gasteiger partial charge in [-0.05, 0) is 41.6 Å². The number of hydrogen-bond donors (Lipinski definition) is 2. The van der Waals surface area contributed by atoms with Crippen molar-refractivity contribution in [1.82, 2.24) is 0 Å². The van der Waals surface area contributed by atoms with Gasteiger partial charge in [0, 0.05) is 23.1 Å². The van der Waals surface area contributed by atoms with Crippen LogP contribution in [-0.4, -0.2) is 17.0 Å². The molecular weight excluding hydrogens is 286 g/mol. The third-order valence-corrected chi connectivity index (χ3v) is 3.73. The first-order valence-corrected chi connectivity index (χ1v) is 7.35. The van der Waals surface area contributed by atoms with Crippen LogP contribution in [0.25, 0.3) is 6.08 Å². The van der Waals surface area contributed by atoms with Crippen molar-refractivity contribution in [2.45, 2.75) is 12.8 Å². The standard InChI is InChI=1S/C16H15NO3S/c18-15(9-8-14-2-1-11-21-14)17-13-6-3-12(4-7-13)5-10-16(19)20/h1-7,10-11H,8-9H2,(H,17,18)(H,19,20)/b10-5+. The van der Waals surface area contributed by atoms with Crippen LogP contribution in [0.1, 0.15) is 16.9 Å². The van der Waals surface area contributed by atoms with Crippen LogP contribution >= 0.6 is 11.3 Å². The number of aliphatic carboxylic acids is 1. The highest BCUT2D eigenvalue weighted by atomic mass is 32.1. The summed E-state index contributed by atoms with van der Waals surface area (Å²) in [7, 11) is 0. The summed E-state index contributed by atoms with van der Waals surface area (Å²) in [6, 6.07) is 11.0. The molecule has 0 unspecified atom stereocenters. The van der Waals surface area contributed by atoms with E-state index in [0.717, 1.165) is 18.1 Å². The van der Waals surface area contributed by atoms with Crippen molar-refractivity contribution < 1.29 is 14.7 Å². The normalized spacial score (nSPS) is 10.7. The van der Waals surface area contributed by atoms with Gasteiger partial charge >= 0.3 is 5.97 Å². The van der Waals surface area contributed by atoms with Crippen LogP contribution < -0.4 is 5.32 Å². The van der Waals surface area contributed by atoms with Gasteiger partial charge in [-0.1, -0.05) is 18.2 Å². The first kappa shape index (κ1) is 15.0. The fourth-order valence-electron chi connectivity index (χ4n) is 1.76. The van der Waals surface area contributed by atoms with Gasteiger partial charge in [-0.2, -0.15) is 0 Å². The maximum Gasteiger partial charge on any atom is 0.328 e. The van der Waals surface area contributed by atoms with Gasteiger partial charge in [-0.15, -0.1) is 11.3 Å². The molecule has 1 aromatic carbocycles. The quantitative estimate of drug-likeness (QED) is 0.803. The lowest BCUT2D eigenvalue weighted by Crippen LogP contribution is -2.11. The zero-order valence-corrected chi connectivity index (χ0v) is 12.1. The second kappa shape index (κ2) is 7.40. The van der Waals surface area contributed by atoms with Crippen LogP contribution in [0.5, 0.6) is 0 Å². The van der Waals surface area contributed by atoms with E-state index >= 15 is 0 Å². The number of carbonyl (C=O) groups is 2. The molecule has 0 fully saturated rings. The molecule has 2 N–H and O–H groups in total. The fraction of sp³-hybridized carbons (Fsp3) is 0.125. The Labute approximate surface area is 126 Å². The molecule has 0 saturated carbocycles. The Morgan fingerprint density at radius 2 is 1.95 bits per heavy atom. The summed E-state index contributed by atoms with van der Waals surface area (Å²) in [5.41, 5.74) is 1.48. The van der Waals surface area contributed by atoms with Gasteiger partial charge in [-0.3, -0.25) is 4.79 Å². The lowest BCUT2D eigenvalue weighted by atomic mass is 10.2. The average molecular weight is 301 g/mol. The number of benzene rings is 1. The molecule has 0 saturated heterocycles. The summed E-state index contributed by atoms with van der Waals surface area (Å²) in [4.78, 5) is 23.4. The molecule has 0 aliphatic carbocycles. The van der Waals surface area contributed by atoms with E-state index in [1.807, 2.05) is 17.5 Å². The number of aryl methyl sites for hydroxylation is 1. The van der Waals surface area contributed by atoms with Crippen molar-refractivity contribution in [3.8, 4) is 0 Å². The molecule has 0 aliphatic rings.